The summed E-state index contributed by atoms with van der Waals surface area (Å²) >= 11 is 0. The van der Waals surface area contributed by atoms with Gasteiger partial charge in [0.1, 0.15) is 11.6 Å². The third-order valence-corrected chi connectivity index (χ3v) is 3.33. The van der Waals surface area contributed by atoms with Gasteiger partial charge in [-0.3, -0.25) is 0 Å². The molecule has 1 unspecified atom stereocenters. The molecule has 0 aliphatic heterocycles. The SMILES string of the molecule is COc1ccc(F)cc1NC(=O)NCC(O)c1ccc(C)cc1. The van der Waals surface area contributed by atoms with E-state index in [1.807, 2.05) is 19.1 Å². The van der Waals surface area contributed by atoms with Gasteiger partial charge in [-0.25, -0.2) is 9.18 Å². The number of ether oxygens (including phenoxy) is 1. The molecular weight excluding hydrogens is 299 g/mol. The molecule has 0 aliphatic carbocycles. The number of methoxy groups -OCH3 is 1. The summed E-state index contributed by atoms with van der Waals surface area (Å²) in [7, 11) is 1.43. The van der Waals surface area contributed by atoms with Crippen LogP contribution in [0.1, 0.15) is 17.2 Å². The van der Waals surface area contributed by atoms with Gasteiger partial charge in [-0.2, -0.15) is 0 Å². The molecule has 0 spiro atoms. The first-order valence-electron chi connectivity index (χ1n) is 7.12. The molecule has 6 heteroatoms. The topological polar surface area (TPSA) is 70.6 Å². The third-order valence-electron chi connectivity index (χ3n) is 3.33. The van der Waals surface area contributed by atoms with E-state index in [1.165, 1.54) is 19.2 Å². The van der Waals surface area contributed by atoms with Crippen LogP contribution in [0, 0.1) is 12.7 Å². The van der Waals surface area contributed by atoms with Crippen molar-refractivity contribution in [3.63, 3.8) is 0 Å². The van der Waals surface area contributed by atoms with E-state index in [-0.39, 0.29) is 12.2 Å². The van der Waals surface area contributed by atoms with Crippen molar-refractivity contribution in [3.05, 3.63) is 59.4 Å². The largest absolute Gasteiger partial charge is 0.495 e. The smallest absolute Gasteiger partial charge is 0.319 e. The predicted molar refractivity (Wildman–Crippen MR) is 86.1 cm³/mol. The highest BCUT2D eigenvalue weighted by Gasteiger charge is 2.11. The van der Waals surface area contributed by atoms with Crippen LogP contribution in [0.2, 0.25) is 0 Å². The maximum absolute atomic E-state index is 13.2. The lowest BCUT2D eigenvalue weighted by Gasteiger charge is -2.14. The van der Waals surface area contributed by atoms with E-state index in [2.05, 4.69) is 10.6 Å². The molecule has 0 aliphatic rings. The van der Waals surface area contributed by atoms with Crippen molar-refractivity contribution >= 4 is 11.7 Å². The number of halogens is 1. The highest BCUT2D eigenvalue weighted by molar-refractivity contribution is 5.90. The van der Waals surface area contributed by atoms with Crippen LogP contribution in [0.5, 0.6) is 5.75 Å². The van der Waals surface area contributed by atoms with Gasteiger partial charge in [0.25, 0.3) is 0 Å². The normalized spacial score (nSPS) is 11.7. The Labute approximate surface area is 134 Å². The highest BCUT2D eigenvalue weighted by atomic mass is 19.1. The van der Waals surface area contributed by atoms with Gasteiger partial charge in [-0.15, -0.1) is 0 Å². The summed E-state index contributed by atoms with van der Waals surface area (Å²) in [6.45, 7) is 1.99. The zero-order chi connectivity index (χ0) is 16.8. The van der Waals surface area contributed by atoms with Gasteiger partial charge in [0.05, 0.1) is 18.9 Å². The number of hydrogen-bond acceptors (Lipinski definition) is 3. The van der Waals surface area contributed by atoms with Crippen LogP contribution in [0.3, 0.4) is 0 Å². The van der Waals surface area contributed by atoms with Crippen LogP contribution < -0.4 is 15.4 Å². The number of amides is 2. The summed E-state index contributed by atoms with van der Waals surface area (Å²) in [4.78, 5) is 11.9. The van der Waals surface area contributed by atoms with Crippen LogP contribution in [0.25, 0.3) is 0 Å². The number of benzene rings is 2. The average molecular weight is 318 g/mol. The minimum atomic E-state index is -0.823. The maximum Gasteiger partial charge on any atom is 0.319 e. The van der Waals surface area contributed by atoms with E-state index in [4.69, 9.17) is 4.74 Å². The van der Waals surface area contributed by atoms with E-state index < -0.39 is 18.0 Å². The van der Waals surface area contributed by atoms with Crippen molar-refractivity contribution in [2.24, 2.45) is 0 Å². The zero-order valence-electron chi connectivity index (χ0n) is 13.0. The summed E-state index contributed by atoms with van der Waals surface area (Å²) in [6, 6.07) is 10.6. The van der Waals surface area contributed by atoms with Crippen molar-refractivity contribution < 1.29 is 19.0 Å². The Balaban J connectivity index is 1.92. The standard InChI is InChI=1S/C17H19FN2O3/c1-11-3-5-12(6-4-11)15(21)10-19-17(22)20-14-9-13(18)7-8-16(14)23-2/h3-9,15,21H,10H2,1-2H3,(H2,19,20,22). The zero-order valence-corrected chi connectivity index (χ0v) is 13.0. The lowest BCUT2D eigenvalue weighted by atomic mass is 10.1. The fourth-order valence-corrected chi connectivity index (χ4v) is 2.04. The molecule has 0 saturated carbocycles. The summed E-state index contributed by atoms with van der Waals surface area (Å²) in [6.07, 6.45) is -0.823. The lowest BCUT2D eigenvalue weighted by Crippen LogP contribution is -2.32. The van der Waals surface area contributed by atoms with Gasteiger partial charge in [0.2, 0.25) is 0 Å². The molecule has 5 nitrogen and oxygen atoms in total. The summed E-state index contributed by atoms with van der Waals surface area (Å²) in [5.41, 5.74) is 2.01. The minimum absolute atomic E-state index is 0.0343. The summed E-state index contributed by atoms with van der Waals surface area (Å²) < 4.78 is 18.3. The van der Waals surface area contributed by atoms with Gasteiger partial charge in [-0.05, 0) is 24.6 Å². The van der Waals surface area contributed by atoms with Crippen LogP contribution in [-0.4, -0.2) is 24.8 Å². The number of aryl methyl sites for hydroxylation is 1. The molecule has 0 radical (unpaired) electrons. The van der Waals surface area contributed by atoms with E-state index >= 15 is 0 Å². The van der Waals surface area contributed by atoms with Crippen molar-refractivity contribution in [3.8, 4) is 5.75 Å². The fourth-order valence-electron chi connectivity index (χ4n) is 2.04. The van der Waals surface area contributed by atoms with Crippen molar-refractivity contribution in [1.29, 1.82) is 0 Å². The molecule has 2 aromatic rings. The van der Waals surface area contributed by atoms with Gasteiger partial charge >= 0.3 is 6.03 Å². The van der Waals surface area contributed by atoms with Gasteiger partial charge in [-0.1, -0.05) is 29.8 Å². The second-order valence-electron chi connectivity index (χ2n) is 5.11. The van der Waals surface area contributed by atoms with E-state index in [0.29, 0.717) is 11.3 Å². The molecule has 0 fully saturated rings. The van der Waals surface area contributed by atoms with E-state index in [1.54, 1.807) is 12.1 Å². The molecule has 0 bridgehead atoms. The molecule has 23 heavy (non-hydrogen) atoms. The van der Waals surface area contributed by atoms with Gasteiger partial charge in [0.15, 0.2) is 0 Å². The van der Waals surface area contributed by atoms with Crippen molar-refractivity contribution in [2.75, 3.05) is 19.0 Å². The van der Waals surface area contributed by atoms with Crippen LogP contribution in [0.15, 0.2) is 42.5 Å². The monoisotopic (exact) mass is 318 g/mol. The Morgan fingerprint density at radius 1 is 1.26 bits per heavy atom. The number of urea groups is 1. The second kappa shape index (κ2) is 7.60. The Hall–Kier alpha value is -2.60. The Bertz CT molecular complexity index is 674. The van der Waals surface area contributed by atoms with Gasteiger partial charge < -0.3 is 20.5 Å². The van der Waals surface area contributed by atoms with Crippen LogP contribution in [0.4, 0.5) is 14.9 Å². The quantitative estimate of drug-likeness (QED) is 0.793. The Morgan fingerprint density at radius 2 is 1.96 bits per heavy atom. The first kappa shape index (κ1) is 16.8. The Kier molecular flexibility index (Phi) is 5.54. The van der Waals surface area contributed by atoms with Gasteiger partial charge in [0, 0.05) is 12.6 Å². The minimum Gasteiger partial charge on any atom is -0.495 e. The Morgan fingerprint density at radius 3 is 2.61 bits per heavy atom. The number of anilines is 1. The number of carbonyl (C=O) groups is 1. The molecule has 122 valence electrons. The molecule has 2 amide bonds. The molecule has 0 heterocycles. The molecule has 0 aromatic heterocycles. The number of aliphatic hydroxyl groups excluding tert-OH is 1. The lowest BCUT2D eigenvalue weighted by molar-refractivity contribution is 0.175. The molecule has 1 atom stereocenters. The molecule has 2 rings (SSSR count). The average Bonchev–Trinajstić information content (AvgIpc) is 2.53. The maximum atomic E-state index is 13.2. The third kappa shape index (κ3) is 4.69. The number of nitrogens with one attached hydrogen (secondary N) is 2. The van der Waals surface area contributed by atoms with Crippen molar-refractivity contribution in [1.82, 2.24) is 5.32 Å². The molecular formula is C17H19FN2O3. The van der Waals surface area contributed by atoms with Crippen LogP contribution in [-0.2, 0) is 0 Å². The first-order valence-corrected chi connectivity index (χ1v) is 7.12. The molecule has 3 N–H and O–H groups in total. The number of carbonyl (C=O) groups excluding carboxylic acids is 1. The molecule has 0 saturated heterocycles. The fraction of sp³-hybridized carbons (Fsp3) is 0.235. The first-order chi connectivity index (χ1) is 11.0. The highest BCUT2D eigenvalue weighted by Crippen LogP contribution is 2.24. The summed E-state index contributed by atoms with van der Waals surface area (Å²) in [5.74, 6) is -0.138. The number of rotatable bonds is 5. The van der Waals surface area contributed by atoms with E-state index in [9.17, 15) is 14.3 Å². The summed E-state index contributed by atoms with van der Waals surface area (Å²) in [5, 5.41) is 15.1. The van der Waals surface area contributed by atoms with Crippen molar-refractivity contribution in [2.45, 2.75) is 13.0 Å². The number of hydrogen-bond donors (Lipinski definition) is 3. The van der Waals surface area contributed by atoms with Crippen LogP contribution >= 0.6 is 0 Å². The van der Waals surface area contributed by atoms with E-state index in [0.717, 1.165) is 11.6 Å². The second-order valence-corrected chi connectivity index (χ2v) is 5.11. The molecule has 2 aromatic carbocycles. The number of aliphatic hydroxyl groups is 1. The predicted octanol–water partition coefficient (Wildman–Crippen LogP) is 3.00.